The molecule has 0 saturated heterocycles. The average Bonchev–Trinajstić information content (AvgIpc) is 3.46. The number of para-hydroxylation sites is 1. The van der Waals surface area contributed by atoms with Crippen LogP contribution in [0.1, 0.15) is 11.1 Å². The standard InChI is InChI=1S/C32H21N2O2/c1-19-10-15-22-24-17-27-30(23-7-3-4-9-26(23)35-27)29(21-13-11-20(18-33)12-14-21)32(24)36-31(22)28(19)25-8-5-6-16-34(25)2/h3-17H,1-2H3/q+1. The lowest BCUT2D eigenvalue weighted by atomic mass is 9.95. The smallest absolute Gasteiger partial charge is 0.216 e. The van der Waals surface area contributed by atoms with Crippen molar-refractivity contribution in [2.75, 3.05) is 0 Å². The molecule has 3 aromatic heterocycles. The van der Waals surface area contributed by atoms with Gasteiger partial charge in [0.2, 0.25) is 5.69 Å². The molecule has 0 bridgehead atoms. The van der Waals surface area contributed by atoms with E-state index in [4.69, 9.17) is 8.83 Å². The molecule has 0 amide bonds. The summed E-state index contributed by atoms with van der Waals surface area (Å²) < 4.78 is 15.3. The maximum Gasteiger partial charge on any atom is 0.216 e. The van der Waals surface area contributed by atoms with E-state index in [0.29, 0.717) is 5.56 Å². The first kappa shape index (κ1) is 20.5. The summed E-state index contributed by atoms with van der Waals surface area (Å²) >= 11 is 0. The highest BCUT2D eigenvalue weighted by Gasteiger charge is 2.24. The minimum atomic E-state index is 0.623. The second kappa shape index (κ2) is 7.56. The van der Waals surface area contributed by atoms with Gasteiger partial charge in [-0.15, -0.1) is 0 Å². The third-order valence-corrected chi connectivity index (χ3v) is 7.09. The molecule has 3 heterocycles. The van der Waals surface area contributed by atoms with E-state index in [1.807, 2.05) is 48.5 Å². The maximum atomic E-state index is 9.35. The summed E-state index contributed by atoms with van der Waals surface area (Å²) in [5.74, 6) is 0. The van der Waals surface area contributed by atoms with Gasteiger partial charge in [-0.25, -0.2) is 4.57 Å². The molecule has 0 atom stereocenters. The number of aromatic nitrogens is 1. The molecule has 4 nitrogen and oxygen atoms in total. The Kier molecular flexibility index (Phi) is 4.30. The van der Waals surface area contributed by atoms with Crippen LogP contribution in [0.25, 0.3) is 66.3 Å². The molecular weight excluding hydrogens is 444 g/mol. The predicted molar refractivity (Wildman–Crippen MR) is 142 cm³/mol. The molecule has 0 N–H and O–H groups in total. The zero-order chi connectivity index (χ0) is 24.4. The fourth-order valence-electron chi connectivity index (χ4n) is 5.36. The van der Waals surface area contributed by atoms with Gasteiger partial charge in [-0.1, -0.05) is 42.5 Å². The van der Waals surface area contributed by atoms with Gasteiger partial charge >= 0.3 is 0 Å². The van der Waals surface area contributed by atoms with E-state index >= 15 is 0 Å². The normalized spacial score (nSPS) is 11.6. The summed E-state index contributed by atoms with van der Waals surface area (Å²) in [6.45, 7) is 2.12. The van der Waals surface area contributed by atoms with Gasteiger partial charge in [-0.2, -0.15) is 5.26 Å². The summed E-state index contributed by atoms with van der Waals surface area (Å²) in [6.07, 6.45) is 2.05. The van der Waals surface area contributed by atoms with Crippen LogP contribution in [0.2, 0.25) is 0 Å². The molecule has 4 aromatic carbocycles. The third-order valence-electron chi connectivity index (χ3n) is 7.09. The molecule has 4 heteroatoms. The molecule has 0 radical (unpaired) electrons. The quantitative estimate of drug-likeness (QED) is 0.245. The van der Waals surface area contributed by atoms with Crippen molar-refractivity contribution in [3.63, 3.8) is 0 Å². The van der Waals surface area contributed by atoms with Crippen LogP contribution in [-0.4, -0.2) is 0 Å². The monoisotopic (exact) mass is 465 g/mol. The van der Waals surface area contributed by atoms with E-state index in [1.54, 1.807) is 0 Å². The molecule has 170 valence electrons. The Morgan fingerprint density at radius 3 is 2.31 bits per heavy atom. The Hall–Kier alpha value is -4.88. The highest BCUT2D eigenvalue weighted by atomic mass is 16.3. The fraction of sp³-hybridized carbons (Fsp3) is 0.0625. The van der Waals surface area contributed by atoms with Gasteiger partial charge in [0.1, 0.15) is 29.4 Å². The third kappa shape index (κ3) is 2.84. The van der Waals surface area contributed by atoms with Gasteiger partial charge in [0, 0.05) is 39.2 Å². The second-order valence-electron chi connectivity index (χ2n) is 9.22. The van der Waals surface area contributed by atoms with E-state index in [1.165, 1.54) is 0 Å². The average molecular weight is 466 g/mol. The lowest BCUT2D eigenvalue weighted by Gasteiger charge is -2.06. The molecule has 0 aliphatic heterocycles. The zero-order valence-corrected chi connectivity index (χ0v) is 19.9. The molecule has 0 fully saturated rings. The minimum Gasteiger partial charge on any atom is -0.456 e. The summed E-state index contributed by atoms with van der Waals surface area (Å²) in [7, 11) is 2.05. The van der Waals surface area contributed by atoms with Gasteiger partial charge in [0.25, 0.3) is 0 Å². The van der Waals surface area contributed by atoms with Gasteiger partial charge in [0.05, 0.1) is 17.2 Å². The van der Waals surface area contributed by atoms with E-state index in [2.05, 4.69) is 67.2 Å². The molecule has 7 rings (SSSR count). The Balaban J connectivity index is 1.68. The van der Waals surface area contributed by atoms with Gasteiger partial charge < -0.3 is 8.83 Å². The van der Waals surface area contributed by atoms with Crippen molar-refractivity contribution in [1.29, 1.82) is 5.26 Å². The molecule has 36 heavy (non-hydrogen) atoms. The Morgan fingerprint density at radius 1 is 0.722 bits per heavy atom. The minimum absolute atomic E-state index is 0.623. The van der Waals surface area contributed by atoms with Crippen LogP contribution >= 0.6 is 0 Å². The SMILES string of the molecule is Cc1ccc2c(oc3c(-c4ccc(C#N)cc4)c4c(cc32)oc2ccccc24)c1-c1cccc[n+]1C. The molecule has 0 aliphatic rings. The van der Waals surface area contributed by atoms with Crippen LogP contribution in [0, 0.1) is 18.3 Å². The van der Waals surface area contributed by atoms with Gasteiger partial charge in [-0.05, 0) is 48.4 Å². The first-order valence-corrected chi connectivity index (χ1v) is 11.9. The Morgan fingerprint density at radius 2 is 1.50 bits per heavy atom. The first-order valence-electron chi connectivity index (χ1n) is 11.9. The van der Waals surface area contributed by atoms with Crippen molar-refractivity contribution < 1.29 is 13.4 Å². The number of hydrogen-bond acceptors (Lipinski definition) is 3. The lowest BCUT2D eigenvalue weighted by molar-refractivity contribution is -0.660. The maximum absolute atomic E-state index is 9.35. The number of benzene rings is 4. The summed E-state index contributed by atoms with van der Waals surface area (Å²) in [5.41, 5.74) is 9.25. The van der Waals surface area contributed by atoms with Crippen molar-refractivity contribution in [3.8, 4) is 28.5 Å². The summed E-state index contributed by atoms with van der Waals surface area (Å²) in [4.78, 5) is 0. The van der Waals surface area contributed by atoms with E-state index in [-0.39, 0.29) is 0 Å². The zero-order valence-electron chi connectivity index (χ0n) is 19.9. The van der Waals surface area contributed by atoms with Crippen LogP contribution in [0.5, 0.6) is 0 Å². The van der Waals surface area contributed by atoms with Crippen LogP contribution in [0.4, 0.5) is 0 Å². The predicted octanol–water partition coefficient (Wildman–Crippen LogP) is 7.82. The van der Waals surface area contributed by atoms with Crippen LogP contribution in [0.3, 0.4) is 0 Å². The van der Waals surface area contributed by atoms with Crippen molar-refractivity contribution in [1.82, 2.24) is 0 Å². The lowest BCUT2D eigenvalue weighted by Crippen LogP contribution is -2.30. The molecule has 0 spiro atoms. The molecule has 7 aromatic rings. The van der Waals surface area contributed by atoms with E-state index < -0.39 is 0 Å². The Bertz CT molecular complexity index is 2020. The van der Waals surface area contributed by atoms with Crippen molar-refractivity contribution >= 4 is 43.9 Å². The molecule has 0 aliphatic carbocycles. The number of aryl methyl sites for hydroxylation is 2. The topological polar surface area (TPSA) is 54.0 Å². The largest absolute Gasteiger partial charge is 0.456 e. The number of furan rings is 2. The second-order valence-corrected chi connectivity index (χ2v) is 9.22. The van der Waals surface area contributed by atoms with E-state index in [9.17, 15) is 5.26 Å². The van der Waals surface area contributed by atoms with Gasteiger partial charge in [0.15, 0.2) is 6.20 Å². The number of nitrogens with zero attached hydrogens (tertiary/aromatic N) is 2. The van der Waals surface area contributed by atoms with Crippen molar-refractivity contribution in [2.24, 2.45) is 7.05 Å². The highest BCUT2D eigenvalue weighted by Crippen LogP contribution is 2.46. The molecule has 0 saturated carbocycles. The van der Waals surface area contributed by atoms with E-state index in [0.717, 1.165) is 71.8 Å². The fourth-order valence-corrected chi connectivity index (χ4v) is 5.36. The van der Waals surface area contributed by atoms with Crippen LogP contribution in [-0.2, 0) is 7.05 Å². The number of hydrogen-bond donors (Lipinski definition) is 0. The summed E-state index contributed by atoms with van der Waals surface area (Å²) in [6, 6.07) is 30.6. The van der Waals surface area contributed by atoms with Crippen molar-refractivity contribution in [2.45, 2.75) is 6.92 Å². The van der Waals surface area contributed by atoms with Gasteiger partial charge in [-0.3, -0.25) is 0 Å². The molecule has 0 unspecified atom stereocenters. The molecular formula is C32H21N2O2+. The Labute approximate surface area is 207 Å². The number of pyridine rings is 1. The summed E-state index contributed by atoms with van der Waals surface area (Å²) in [5, 5.41) is 13.5. The number of nitriles is 1. The number of fused-ring (bicyclic) bond motifs is 6. The first-order chi connectivity index (χ1) is 17.6. The number of rotatable bonds is 2. The van der Waals surface area contributed by atoms with Crippen LogP contribution < -0.4 is 4.57 Å². The van der Waals surface area contributed by atoms with Crippen molar-refractivity contribution in [3.05, 3.63) is 102 Å². The van der Waals surface area contributed by atoms with Crippen LogP contribution in [0.15, 0.2) is 100.0 Å². The highest BCUT2D eigenvalue weighted by molar-refractivity contribution is 6.24.